The third-order valence-electron chi connectivity index (χ3n) is 6.05. The molecule has 2 amide bonds. The van der Waals surface area contributed by atoms with E-state index < -0.39 is 6.04 Å². The van der Waals surface area contributed by atoms with Crippen LogP contribution in [0, 0.1) is 5.92 Å². The molecule has 2 aromatic rings. The Morgan fingerprint density at radius 1 is 1.18 bits per heavy atom. The first-order valence-corrected chi connectivity index (χ1v) is 11.0. The number of carbonyl (C=O) groups is 2. The minimum absolute atomic E-state index is 0.0515. The summed E-state index contributed by atoms with van der Waals surface area (Å²) in [5.41, 5.74) is 2.64. The number of nitrogens with one attached hydrogen (secondary N) is 2. The van der Waals surface area contributed by atoms with E-state index in [1.807, 2.05) is 37.3 Å². The number of hydrogen-bond acceptors (Lipinski definition) is 4. The number of carbonyl (C=O) groups excluding carboxylic acids is 2. The number of aromatic nitrogens is 1. The Kier molecular flexibility index (Phi) is 6.68. The molecule has 2 N–H and O–H groups in total. The predicted octanol–water partition coefficient (Wildman–Crippen LogP) is 3.45. The third kappa shape index (κ3) is 5.19. The molecule has 1 aliphatic heterocycles. The Balaban J connectivity index is 1.51. The number of allylic oxidation sites excluding steroid dienone is 3. The van der Waals surface area contributed by atoms with Gasteiger partial charge in [0.05, 0.1) is 12.5 Å². The Morgan fingerprint density at radius 3 is 2.67 bits per heavy atom. The van der Waals surface area contributed by atoms with Gasteiger partial charge in [0.25, 0.3) is 5.91 Å². The minimum atomic E-state index is -0.767. The minimum Gasteiger partial charge on any atom is -0.381 e. The van der Waals surface area contributed by atoms with E-state index in [4.69, 9.17) is 0 Å². The average molecular weight is 447 g/mol. The van der Waals surface area contributed by atoms with Crippen molar-refractivity contribution in [2.45, 2.75) is 31.8 Å². The van der Waals surface area contributed by atoms with E-state index in [0.29, 0.717) is 12.2 Å². The monoisotopic (exact) mass is 446 g/mol. The number of benzene rings is 1. The molecule has 4 rings (SSSR count). The van der Waals surface area contributed by atoms with Crippen LogP contribution in [0.2, 0.25) is 0 Å². The fraction of sp³-hybridized carbons (Fsp3) is 0.269. The van der Waals surface area contributed by atoms with E-state index in [-0.39, 0.29) is 36.0 Å². The molecule has 1 aliphatic carbocycles. The lowest BCUT2D eigenvalue weighted by Crippen LogP contribution is -2.49. The number of likely N-dealkylation sites (N-methyl/N-ethyl adjacent to an activating group) is 1. The summed E-state index contributed by atoms with van der Waals surface area (Å²) >= 11 is 0. The quantitative estimate of drug-likeness (QED) is 0.683. The van der Waals surface area contributed by atoms with Gasteiger partial charge in [0.1, 0.15) is 17.7 Å². The summed E-state index contributed by atoms with van der Waals surface area (Å²) in [6.45, 7) is 1.89. The summed E-state index contributed by atoms with van der Waals surface area (Å²) in [5, 5.41) is 6.22. The number of nitrogens with zero attached hydrogens (tertiary/aromatic N) is 2. The standard InChI is InChI=1S/C26H27FN4O2/c1-17-20(21-15-19(27)11-12-22(21)29-17)16-25(32)30-23(14-18-8-4-3-5-9-18)26(33)31(2)24-10-6-7-13-28-24/h3-13,15,21-23,29H,14,16H2,1-2H3,(H,30,32)/t21?,22?,23-/m0/s1. The van der Waals surface area contributed by atoms with Crippen LogP contribution >= 0.6 is 0 Å². The van der Waals surface area contributed by atoms with Crippen LogP contribution in [-0.4, -0.2) is 35.9 Å². The highest BCUT2D eigenvalue weighted by molar-refractivity contribution is 5.98. The Labute approximate surface area is 192 Å². The highest BCUT2D eigenvalue weighted by Gasteiger charge is 2.34. The maximum absolute atomic E-state index is 13.8. The first-order chi connectivity index (χ1) is 15.9. The average Bonchev–Trinajstić information content (AvgIpc) is 3.13. The molecule has 2 unspecified atom stereocenters. The van der Waals surface area contributed by atoms with Crippen LogP contribution in [0.15, 0.2) is 90.1 Å². The highest BCUT2D eigenvalue weighted by Crippen LogP contribution is 2.34. The van der Waals surface area contributed by atoms with Crippen LogP contribution in [0.1, 0.15) is 18.9 Å². The van der Waals surface area contributed by atoms with Gasteiger partial charge in [0.15, 0.2) is 0 Å². The van der Waals surface area contributed by atoms with Crippen molar-refractivity contribution in [2.24, 2.45) is 5.92 Å². The van der Waals surface area contributed by atoms with Gasteiger partial charge in [-0.3, -0.25) is 14.5 Å². The topological polar surface area (TPSA) is 74.3 Å². The van der Waals surface area contributed by atoms with Crippen LogP contribution in [0.5, 0.6) is 0 Å². The molecule has 2 aliphatic rings. The van der Waals surface area contributed by atoms with Crippen LogP contribution in [0.3, 0.4) is 0 Å². The van der Waals surface area contributed by atoms with Gasteiger partial charge in [-0.25, -0.2) is 9.37 Å². The smallest absolute Gasteiger partial charge is 0.250 e. The largest absolute Gasteiger partial charge is 0.381 e. The first kappa shape index (κ1) is 22.5. The lowest BCUT2D eigenvalue weighted by Gasteiger charge is -2.25. The van der Waals surface area contributed by atoms with Crippen molar-refractivity contribution in [1.29, 1.82) is 0 Å². The molecule has 1 aromatic carbocycles. The van der Waals surface area contributed by atoms with Crippen molar-refractivity contribution < 1.29 is 14.0 Å². The summed E-state index contributed by atoms with van der Waals surface area (Å²) in [5.74, 6) is -0.546. The van der Waals surface area contributed by atoms with Gasteiger partial charge in [-0.05, 0) is 42.3 Å². The zero-order valence-electron chi connectivity index (χ0n) is 18.7. The number of pyridine rings is 1. The maximum Gasteiger partial charge on any atom is 0.250 e. The number of halogens is 1. The summed E-state index contributed by atoms with van der Waals surface area (Å²) < 4.78 is 13.8. The number of rotatable bonds is 7. The van der Waals surface area contributed by atoms with Crippen LogP contribution < -0.4 is 15.5 Å². The highest BCUT2D eigenvalue weighted by atomic mass is 19.1. The van der Waals surface area contributed by atoms with Gasteiger partial charge in [0.2, 0.25) is 5.91 Å². The SMILES string of the molecule is CC1=C(CC(=O)N[C@@H](Cc2ccccc2)C(=O)N(C)c2ccccn2)C2C=C(F)C=CC2N1. The van der Waals surface area contributed by atoms with Crippen molar-refractivity contribution in [3.63, 3.8) is 0 Å². The van der Waals surface area contributed by atoms with E-state index in [9.17, 15) is 14.0 Å². The molecule has 0 saturated heterocycles. The molecular formula is C26H27FN4O2. The van der Waals surface area contributed by atoms with E-state index in [1.165, 1.54) is 17.1 Å². The summed E-state index contributed by atoms with van der Waals surface area (Å²) in [7, 11) is 1.65. The normalized spacial score (nSPS) is 19.9. The van der Waals surface area contributed by atoms with E-state index >= 15 is 0 Å². The zero-order valence-corrected chi connectivity index (χ0v) is 18.7. The van der Waals surface area contributed by atoms with Gasteiger partial charge in [-0.1, -0.05) is 42.5 Å². The van der Waals surface area contributed by atoms with Gasteiger partial charge in [-0.2, -0.15) is 0 Å². The number of amides is 2. The second-order valence-electron chi connectivity index (χ2n) is 8.33. The second kappa shape index (κ2) is 9.81. The second-order valence-corrected chi connectivity index (χ2v) is 8.33. The molecule has 6 nitrogen and oxygen atoms in total. The molecule has 1 aromatic heterocycles. The molecule has 7 heteroatoms. The Hall–Kier alpha value is -3.74. The molecule has 0 spiro atoms. The molecular weight excluding hydrogens is 419 g/mol. The third-order valence-corrected chi connectivity index (χ3v) is 6.05. The predicted molar refractivity (Wildman–Crippen MR) is 126 cm³/mol. The van der Waals surface area contributed by atoms with Gasteiger partial charge in [0, 0.05) is 31.3 Å². The molecule has 0 bridgehead atoms. The molecule has 3 atom stereocenters. The lowest BCUT2D eigenvalue weighted by molar-refractivity contribution is -0.127. The molecule has 33 heavy (non-hydrogen) atoms. The first-order valence-electron chi connectivity index (χ1n) is 11.0. The zero-order chi connectivity index (χ0) is 23.4. The van der Waals surface area contributed by atoms with Crippen LogP contribution in [0.4, 0.5) is 10.2 Å². The van der Waals surface area contributed by atoms with Gasteiger partial charge in [-0.15, -0.1) is 0 Å². The molecule has 0 radical (unpaired) electrons. The summed E-state index contributed by atoms with van der Waals surface area (Å²) in [6.07, 6.45) is 6.81. The van der Waals surface area contributed by atoms with Crippen LogP contribution in [0.25, 0.3) is 0 Å². The number of anilines is 1. The maximum atomic E-state index is 13.8. The van der Waals surface area contributed by atoms with E-state index in [1.54, 1.807) is 37.5 Å². The molecule has 170 valence electrons. The van der Waals surface area contributed by atoms with E-state index in [0.717, 1.165) is 16.8 Å². The van der Waals surface area contributed by atoms with Crippen molar-refractivity contribution in [3.8, 4) is 0 Å². The molecule has 0 fully saturated rings. The molecule has 2 heterocycles. The summed E-state index contributed by atoms with van der Waals surface area (Å²) in [6, 6.07) is 14.1. The fourth-order valence-electron chi connectivity index (χ4n) is 4.31. The number of fused-ring (bicyclic) bond motifs is 1. The van der Waals surface area contributed by atoms with Crippen molar-refractivity contribution in [1.82, 2.24) is 15.6 Å². The number of hydrogen-bond donors (Lipinski definition) is 2. The lowest BCUT2D eigenvalue weighted by atomic mass is 9.88. The van der Waals surface area contributed by atoms with E-state index in [2.05, 4.69) is 15.6 Å². The van der Waals surface area contributed by atoms with Crippen molar-refractivity contribution in [2.75, 3.05) is 11.9 Å². The van der Waals surface area contributed by atoms with Crippen molar-refractivity contribution >= 4 is 17.6 Å². The van der Waals surface area contributed by atoms with Crippen LogP contribution in [-0.2, 0) is 16.0 Å². The molecule has 0 saturated carbocycles. The fourth-order valence-corrected chi connectivity index (χ4v) is 4.31. The Morgan fingerprint density at radius 2 is 1.94 bits per heavy atom. The Bertz CT molecular complexity index is 1110. The van der Waals surface area contributed by atoms with Gasteiger partial charge >= 0.3 is 0 Å². The van der Waals surface area contributed by atoms with Crippen molar-refractivity contribution in [3.05, 3.63) is 95.6 Å². The summed E-state index contributed by atoms with van der Waals surface area (Å²) in [4.78, 5) is 32.1. The van der Waals surface area contributed by atoms with Gasteiger partial charge < -0.3 is 10.6 Å².